The number of nitrogens with one attached hydrogen (secondary N) is 1. The summed E-state index contributed by atoms with van der Waals surface area (Å²) in [6, 6.07) is 7.83. The van der Waals surface area contributed by atoms with E-state index in [4.69, 9.17) is 11.6 Å². The number of thioether (sulfide) groups is 1. The van der Waals surface area contributed by atoms with E-state index in [-0.39, 0.29) is 28.1 Å². The first-order valence-corrected chi connectivity index (χ1v) is 9.79. The van der Waals surface area contributed by atoms with Gasteiger partial charge in [-0.15, -0.1) is 0 Å². The molecule has 0 radical (unpaired) electrons. The molecule has 0 aliphatic heterocycles. The van der Waals surface area contributed by atoms with Crippen molar-refractivity contribution in [3.05, 3.63) is 59.5 Å². The van der Waals surface area contributed by atoms with E-state index in [2.05, 4.69) is 9.71 Å². The molecule has 1 N–H and O–H groups in total. The fraction of sp³-hybridized carbons (Fsp3) is 0.133. The second-order valence-corrected chi connectivity index (χ2v) is 8.53. The molecule has 0 amide bonds. The number of sulfonamides is 1. The molecule has 0 aliphatic rings. The molecule has 11 heteroatoms. The molecule has 2 heterocycles. The number of nitrogens with zero attached hydrogens (tertiary/aromatic N) is 2. The zero-order chi connectivity index (χ0) is 18.9. The molecule has 26 heavy (non-hydrogen) atoms. The van der Waals surface area contributed by atoms with Crippen LogP contribution in [0.25, 0.3) is 5.65 Å². The Kier molecular flexibility index (Phi) is 5.20. The number of imidazole rings is 1. The van der Waals surface area contributed by atoms with Crippen molar-refractivity contribution in [2.45, 2.75) is 21.8 Å². The Morgan fingerprint density at radius 3 is 2.46 bits per heavy atom. The van der Waals surface area contributed by atoms with Gasteiger partial charge in [-0.1, -0.05) is 11.6 Å². The smallest absolute Gasteiger partial charge is 0.305 e. The van der Waals surface area contributed by atoms with Crippen LogP contribution in [0.2, 0.25) is 5.02 Å². The Hall–Kier alpha value is -1.75. The third-order valence-corrected chi connectivity index (χ3v) is 5.66. The molecule has 0 fully saturated rings. The lowest BCUT2D eigenvalue weighted by molar-refractivity contribution is -0.0328. The molecule has 0 atom stereocenters. The Bertz CT molecular complexity index is 1030. The van der Waals surface area contributed by atoms with Gasteiger partial charge in [-0.25, -0.2) is 18.1 Å². The highest BCUT2D eigenvalue weighted by atomic mass is 35.5. The minimum atomic E-state index is -4.43. The van der Waals surface area contributed by atoms with Crippen LogP contribution in [-0.2, 0) is 16.6 Å². The van der Waals surface area contributed by atoms with E-state index in [1.807, 2.05) is 0 Å². The number of hydrogen-bond donors (Lipinski definition) is 1. The van der Waals surface area contributed by atoms with Gasteiger partial charge in [0.15, 0.2) is 0 Å². The SMILES string of the molecule is O=S(=O)(NCc1cn2cc(Cl)ccc2n1)c1ccc(SC(F)(F)F)cc1. The van der Waals surface area contributed by atoms with Crippen LogP contribution in [0.5, 0.6) is 0 Å². The van der Waals surface area contributed by atoms with E-state index in [1.54, 1.807) is 28.9 Å². The fourth-order valence-electron chi connectivity index (χ4n) is 2.18. The van der Waals surface area contributed by atoms with Crippen molar-refractivity contribution in [3.8, 4) is 0 Å². The lowest BCUT2D eigenvalue weighted by atomic mass is 10.4. The van der Waals surface area contributed by atoms with Crippen molar-refractivity contribution >= 4 is 39.0 Å². The van der Waals surface area contributed by atoms with Crippen LogP contribution in [0.4, 0.5) is 13.2 Å². The lowest BCUT2D eigenvalue weighted by Crippen LogP contribution is -2.23. The van der Waals surface area contributed by atoms with Crippen molar-refractivity contribution in [2.24, 2.45) is 0 Å². The summed E-state index contributed by atoms with van der Waals surface area (Å²) in [6.45, 7) is -0.0688. The number of pyridine rings is 1. The highest BCUT2D eigenvalue weighted by molar-refractivity contribution is 8.00. The number of hydrogen-bond acceptors (Lipinski definition) is 4. The molecule has 138 valence electrons. The fourth-order valence-corrected chi connectivity index (χ4v) is 3.88. The number of halogens is 4. The third-order valence-electron chi connectivity index (χ3n) is 3.28. The quantitative estimate of drug-likeness (QED) is 0.630. The van der Waals surface area contributed by atoms with Gasteiger partial charge in [0.25, 0.3) is 0 Å². The maximum absolute atomic E-state index is 12.3. The lowest BCUT2D eigenvalue weighted by Gasteiger charge is -2.08. The predicted molar refractivity (Wildman–Crippen MR) is 92.6 cm³/mol. The average molecular weight is 422 g/mol. The number of aromatic nitrogens is 2. The van der Waals surface area contributed by atoms with Gasteiger partial charge < -0.3 is 4.40 Å². The Labute approximate surface area is 156 Å². The van der Waals surface area contributed by atoms with Gasteiger partial charge in [-0.3, -0.25) is 0 Å². The molecule has 0 saturated carbocycles. The normalized spacial score (nSPS) is 12.6. The molecule has 3 rings (SSSR count). The van der Waals surface area contributed by atoms with Crippen molar-refractivity contribution < 1.29 is 21.6 Å². The van der Waals surface area contributed by atoms with E-state index in [1.165, 1.54) is 0 Å². The number of alkyl halides is 3. The molecule has 3 aromatic rings. The second-order valence-electron chi connectivity index (χ2n) is 5.19. The molecule has 0 saturated heterocycles. The minimum absolute atomic E-state index is 0.0688. The first-order valence-electron chi connectivity index (χ1n) is 7.11. The van der Waals surface area contributed by atoms with E-state index >= 15 is 0 Å². The maximum atomic E-state index is 12.3. The zero-order valence-electron chi connectivity index (χ0n) is 12.9. The molecule has 0 bridgehead atoms. The second kappa shape index (κ2) is 7.10. The van der Waals surface area contributed by atoms with E-state index < -0.39 is 15.5 Å². The highest BCUT2D eigenvalue weighted by Crippen LogP contribution is 2.36. The number of rotatable bonds is 5. The van der Waals surface area contributed by atoms with Crippen LogP contribution < -0.4 is 4.72 Å². The van der Waals surface area contributed by atoms with Crippen molar-refractivity contribution in [1.82, 2.24) is 14.1 Å². The first kappa shape index (κ1) is 19.0. The van der Waals surface area contributed by atoms with Crippen LogP contribution in [0.1, 0.15) is 5.69 Å². The molecule has 1 aromatic carbocycles. The number of fused-ring (bicyclic) bond motifs is 1. The van der Waals surface area contributed by atoms with Gasteiger partial charge in [-0.2, -0.15) is 13.2 Å². The summed E-state index contributed by atoms with van der Waals surface area (Å²) in [7, 11) is -3.88. The Morgan fingerprint density at radius 1 is 1.12 bits per heavy atom. The summed E-state index contributed by atoms with van der Waals surface area (Å²) in [5.41, 5.74) is -3.35. The monoisotopic (exact) mass is 421 g/mol. The van der Waals surface area contributed by atoms with Crippen LogP contribution >= 0.6 is 23.4 Å². The molecule has 2 aromatic heterocycles. The van der Waals surface area contributed by atoms with Crippen LogP contribution in [0.15, 0.2) is 58.6 Å². The summed E-state index contributed by atoms with van der Waals surface area (Å²) in [5.74, 6) is 0. The van der Waals surface area contributed by atoms with Gasteiger partial charge >= 0.3 is 5.51 Å². The summed E-state index contributed by atoms with van der Waals surface area (Å²) < 4.78 is 65.5. The molecule has 0 unspecified atom stereocenters. The predicted octanol–water partition coefficient (Wildman–Crippen LogP) is 4.08. The zero-order valence-corrected chi connectivity index (χ0v) is 15.3. The van der Waals surface area contributed by atoms with Crippen LogP contribution in [-0.4, -0.2) is 23.3 Å². The topological polar surface area (TPSA) is 63.5 Å². The van der Waals surface area contributed by atoms with Crippen LogP contribution in [0, 0.1) is 0 Å². The third kappa shape index (κ3) is 4.70. The molecule has 0 aliphatic carbocycles. The van der Waals surface area contributed by atoms with Gasteiger partial charge in [0.05, 0.1) is 22.2 Å². The van der Waals surface area contributed by atoms with Crippen molar-refractivity contribution in [2.75, 3.05) is 0 Å². The summed E-state index contributed by atoms with van der Waals surface area (Å²) in [5, 5.41) is 0.513. The first-order chi connectivity index (χ1) is 12.1. The molecule has 0 spiro atoms. The number of benzene rings is 1. The van der Waals surface area contributed by atoms with Gasteiger partial charge in [0.2, 0.25) is 10.0 Å². The van der Waals surface area contributed by atoms with Crippen molar-refractivity contribution in [1.29, 1.82) is 0 Å². The van der Waals surface area contributed by atoms with E-state index in [9.17, 15) is 21.6 Å². The maximum Gasteiger partial charge on any atom is 0.446 e. The Balaban J connectivity index is 1.71. The van der Waals surface area contributed by atoms with E-state index in [0.717, 1.165) is 24.3 Å². The summed E-state index contributed by atoms with van der Waals surface area (Å²) >= 11 is 5.57. The minimum Gasteiger partial charge on any atom is -0.305 e. The molecular formula is C15H11ClF3N3O2S2. The van der Waals surface area contributed by atoms with Crippen molar-refractivity contribution in [3.63, 3.8) is 0 Å². The average Bonchev–Trinajstić information content (AvgIpc) is 2.94. The summed E-state index contributed by atoms with van der Waals surface area (Å²) in [6.07, 6.45) is 3.27. The van der Waals surface area contributed by atoms with Gasteiger partial charge in [0, 0.05) is 17.3 Å². The standard InChI is InChI=1S/C15H11ClF3N3O2S2/c16-10-1-6-14-21-11(9-22(14)8-10)7-20-26(23,24)13-4-2-12(3-5-13)25-15(17,18)19/h1-6,8-9,20H,7H2. The highest BCUT2D eigenvalue weighted by Gasteiger charge is 2.29. The largest absolute Gasteiger partial charge is 0.446 e. The molecule has 5 nitrogen and oxygen atoms in total. The van der Waals surface area contributed by atoms with Gasteiger partial charge in [0.1, 0.15) is 5.65 Å². The van der Waals surface area contributed by atoms with Crippen LogP contribution in [0.3, 0.4) is 0 Å². The Morgan fingerprint density at radius 2 is 1.81 bits per heavy atom. The van der Waals surface area contributed by atoms with E-state index in [0.29, 0.717) is 16.4 Å². The summed E-state index contributed by atoms with van der Waals surface area (Å²) in [4.78, 5) is 4.04. The van der Waals surface area contributed by atoms with Gasteiger partial charge in [-0.05, 0) is 48.2 Å². The molecular weight excluding hydrogens is 411 g/mol.